The second-order valence-corrected chi connectivity index (χ2v) is 6.45. The number of benzene rings is 1. The molecule has 1 saturated carbocycles. The number of amides is 1. The number of nitrogens with zero attached hydrogens (tertiary/aromatic N) is 1. The van der Waals surface area contributed by atoms with Crippen LogP contribution in [-0.2, 0) is 16.0 Å². The Labute approximate surface area is 146 Å². The average molecular weight is 354 g/mol. The van der Waals surface area contributed by atoms with Gasteiger partial charge in [0.2, 0.25) is 5.91 Å². The number of rotatable bonds is 9. The highest BCUT2D eigenvalue weighted by atomic mass is 19.2. The lowest BCUT2D eigenvalue weighted by Crippen LogP contribution is -2.54. The highest BCUT2D eigenvalue weighted by Gasteiger charge is 2.34. The third-order valence-electron chi connectivity index (χ3n) is 4.59. The first kappa shape index (κ1) is 19.3. The molecule has 0 aliphatic heterocycles. The number of carbonyl (C=O) groups is 2. The molecule has 1 aromatic rings. The number of carbonyl (C=O) groups excluding carboxylic acids is 1. The van der Waals surface area contributed by atoms with Crippen LogP contribution in [-0.4, -0.2) is 47.1 Å². The maximum absolute atomic E-state index is 13.1. The minimum Gasteiger partial charge on any atom is -0.480 e. The van der Waals surface area contributed by atoms with Crippen LogP contribution in [0.25, 0.3) is 0 Å². The van der Waals surface area contributed by atoms with Gasteiger partial charge in [0.1, 0.15) is 0 Å². The number of likely N-dealkylation sites (N-methyl/N-ethyl adjacent to an activating group) is 1. The fraction of sp³-hybridized carbons (Fsp3) is 0.556. The van der Waals surface area contributed by atoms with Gasteiger partial charge in [-0.15, -0.1) is 0 Å². The molecule has 0 aromatic heterocycles. The SMILES string of the molecule is CCN(CC(=O)O)C1CC(NC(=O)CCCc2ccc(F)c(F)c2)C1. The maximum Gasteiger partial charge on any atom is 0.317 e. The number of hydrogen-bond acceptors (Lipinski definition) is 3. The number of halogens is 2. The number of hydrogen-bond donors (Lipinski definition) is 2. The Kier molecular flexibility index (Phi) is 6.87. The minimum absolute atomic E-state index is 0.0239. The summed E-state index contributed by atoms with van der Waals surface area (Å²) in [6.45, 7) is 2.62. The van der Waals surface area contributed by atoms with Crippen molar-refractivity contribution < 1.29 is 23.5 Å². The lowest BCUT2D eigenvalue weighted by Gasteiger charge is -2.42. The van der Waals surface area contributed by atoms with E-state index in [0.717, 1.165) is 25.0 Å². The molecule has 1 aliphatic carbocycles. The standard InChI is InChI=1S/C18H24F2N2O3/c1-2-22(11-18(24)25)14-9-13(10-14)21-17(23)5-3-4-12-6-7-15(19)16(20)8-12/h6-8,13-14H,2-5,9-11H2,1H3,(H,21,23)(H,24,25). The normalized spacial score (nSPS) is 19.5. The summed E-state index contributed by atoms with van der Waals surface area (Å²) < 4.78 is 26.0. The first-order chi connectivity index (χ1) is 11.9. The van der Waals surface area contributed by atoms with Crippen molar-refractivity contribution in [2.45, 2.75) is 51.1 Å². The molecule has 0 atom stereocenters. The van der Waals surface area contributed by atoms with Crippen molar-refractivity contribution in [1.29, 1.82) is 0 Å². The van der Waals surface area contributed by atoms with E-state index in [1.54, 1.807) is 0 Å². The van der Waals surface area contributed by atoms with E-state index < -0.39 is 17.6 Å². The van der Waals surface area contributed by atoms with Crippen molar-refractivity contribution in [1.82, 2.24) is 10.2 Å². The van der Waals surface area contributed by atoms with Crippen LogP contribution in [0.1, 0.15) is 38.2 Å². The summed E-state index contributed by atoms with van der Waals surface area (Å²) in [7, 11) is 0. The average Bonchev–Trinajstić information content (AvgIpc) is 2.52. The van der Waals surface area contributed by atoms with Gasteiger partial charge in [0.15, 0.2) is 11.6 Å². The molecule has 1 aliphatic rings. The van der Waals surface area contributed by atoms with E-state index >= 15 is 0 Å². The van der Waals surface area contributed by atoms with Crippen LogP contribution in [0.15, 0.2) is 18.2 Å². The lowest BCUT2D eigenvalue weighted by atomic mass is 9.85. The molecule has 5 nitrogen and oxygen atoms in total. The molecule has 1 amide bonds. The number of aliphatic carboxylic acids is 1. The van der Waals surface area contributed by atoms with E-state index in [9.17, 15) is 18.4 Å². The fourth-order valence-electron chi connectivity index (χ4n) is 3.12. The molecule has 25 heavy (non-hydrogen) atoms. The van der Waals surface area contributed by atoms with Gasteiger partial charge in [-0.25, -0.2) is 8.78 Å². The summed E-state index contributed by atoms with van der Waals surface area (Å²) in [6, 6.07) is 4.06. The van der Waals surface area contributed by atoms with Crippen molar-refractivity contribution in [3.63, 3.8) is 0 Å². The monoisotopic (exact) mass is 354 g/mol. The molecule has 0 heterocycles. The van der Waals surface area contributed by atoms with E-state index in [-0.39, 0.29) is 24.5 Å². The molecular weight excluding hydrogens is 330 g/mol. The largest absolute Gasteiger partial charge is 0.480 e. The second kappa shape index (κ2) is 8.89. The first-order valence-corrected chi connectivity index (χ1v) is 8.58. The first-order valence-electron chi connectivity index (χ1n) is 8.58. The predicted octanol–water partition coefficient (Wildman–Crippen LogP) is 2.34. The van der Waals surface area contributed by atoms with Gasteiger partial charge in [-0.3, -0.25) is 14.5 Å². The van der Waals surface area contributed by atoms with Gasteiger partial charge in [-0.2, -0.15) is 0 Å². The van der Waals surface area contributed by atoms with Crippen molar-refractivity contribution in [2.24, 2.45) is 0 Å². The molecule has 1 fully saturated rings. The summed E-state index contributed by atoms with van der Waals surface area (Å²) >= 11 is 0. The second-order valence-electron chi connectivity index (χ2n) is 6.45. The Morgan fingerprint density at radius 1 is 1.28 bits per heavy atom. The van der Waals surface area contributed by atoms with Crippen LogP contribution in [0.2, 0.25) is 0 Å². The van der Waals surface area contributed by atoms with Crippen LogP contribution in [0.4, 0.5) is 8.78 Å². The number of carboxylic acids is 1. The molecule has 0 radical (unpaired) electrons. The van der Waals surface area contributed by atoms with Crippen LogP contribution in [0, 0.1) is 11.6 Å². The van der Waals surface area contributed by atoms with E-state index in [1.165, 1.54) is 6.07 Å². The number of aryl methyl sites for hydroxylation is 1. The van der Waals surface area contributed by atoms with Gasteiger partial charge in [0.25, 0.3) is 0 Å². The molecule has 0 bridgehead atoms. The van der Waals surface area contributed by atoms with Crippen molar-refractivity contribution in [3.05, 3.63) is 35.4 Å². The predicted molar refractivity (Wildman–Crippen MR) is 89.1 cm³/mol. The Hall–Kier alpha value is -2.02. The van der Waals surface area contributed by atoms with Crippen molar-refractivity contribution in [2.75, 3.05) is 13.1 Å². The Bertz CT molecular complexity index is 618. The summed E-state index contributed by atoms with van der Waals surface area (Å²) in [6.07, 6.45) is 2.92. The van der Waals surface area contributed by atoms with Crippen molar-refractivity contribution in [3.8, 4) is 0 Å². The zero-order valence-corrected chi connectivity index (χ0v) is 14.3. The third kappa shape index (κ3) is 5.77. The zero-order chi connectivity index (χ0) is 18.4. The molecule has 7 heteroatoms. The third-order valence-corrected chi connectivity index (χ3v) is 4.59. The summed E-state index contributed by atoms with van der Waals surface area (Å²) in [5, 5.41) is 11.8. The highest BCUT2D eigenvalue weighted by molar-refractivity contribution is 5.76. The quantitative estimate of drug-likeness (QED) is 0.714. The maximum atomic E-state index is 13.1. The molecule has 1 aromatic carbocycles. The van der Waals surface area contributed by atoms with E-state index in [1.807, 2.05) is 11.8 Å². The summed E-state index contributed by atoms with van der Waals surface area (Å²) in [4.78, 5) is 24.6. The summed E-state index contributed by atoms with van der Waals surface area (Å²) in [5.41, 5.74) is 0.669. The van der Waals surface area contributed by atoms with Crippen molar-refractivity contribution >= 4 is 11.9 Å². The summed E-state index contributed by atoms with van der Waals surface area (Å²) in [5.74, 6) is -2.65. The molecule has 138 valence electrons. The van der Waals surface area contributed by atoms with Gasteiger partial charge in [-0.05, 0) is 49.9 Å². The molecule has 2 rings (SSSR count). The van der Waals surface area contributed by atoms with E-state index in [0.29, 0.717) is 31.4 Å². The minimum atomic E-state index is -0.871. The van der Waals surface area contributed by atoms with Crippen LogP contribution >= 0.6 is 0 Å². The highest BCUT2D eigenvalue weighted by Crippen LogP contribution is 2.25. The van der Waals surface area contributed by atoms with Gasteiger partial charge in [-0.1, -0.05) is 13.0 Å². The fourth-order valence-corrected chi connectivity index (χ4v) is 3.12. The lowest BCUT2D eigenvalue weighted by molar-refractivity contribution is -0.139. The van der Waals surface area contributed by atoms with Gasteiger partial charge >= 0.3 is 5.97 Å². The van der Waals surface area contributed by atoms with Crippen LogP contribution in [0.5, 0.6) is 0 Å². The number of nitrogens with one attached hydrogen (secondary N) is 1. The number of carboxylic acid groups (broad SMARTS) is 1. The van der Waals surface area contributed by atoms with Crippen LogP contribution in [0.3, 0.4) is 0 Å². The molecule has 0 spiro atoms. The Morgan fingerprint density at radius 2 is 2.00 bits per heavy atom. The molecular formula is C18H24F2N2O3. The molecule has 0 saturated heterocycles. The van der Waals surface area contributed by atoms with Gasteiger partial charge < -0.3 is 10.4 Å². The smallest absolute Gasteiger partial charge is 0.317 e. The topological polar surface area (TPSA) is 69.6 Å². The van der Waals surface area contributed by atoms with E-state index in [2.05, 4.69) is 5.32 Å². The van der Waals surface area contributed by atoms with Crippen LogP contribution < -0.4 is 5.32 Å². The molecule has 0 unspecified atom stereocenters. The Morgan fingerprint density at radius 3 is 2.60 bits per heavy atom. The van der Waals surface area contributed by atoms with Gasteiger partial charge in [0, 0.05) is 18.5 Å². The molecule has 2 N–H and O–H groups in total. The van der Waals surface area contributed by atoms with Gasteiger partial charge in [0.05, 0.1) is 6.54 Å². The van der Waals surface area contributed by atoms with E-state index in [4.69, 9.17) is 5.11 Å². The zero-order valence-electron chi connectivity index (χ0n) is 14.3. The Balaban J connectivity index is 1.65.